The highest BCUT2D eigenvalue weighted by molar-refractivity contribution is 7.93. The molecule has 3 amide bonds. The molecule has 29 heteroatoms. The van der Waals surface area contributed by atoms with E-state index in [9.17, 15) is 71.4 Å². The van der Waals surface area contributed by atoms with E-state index in [1.165, 1.54) is 13.8 Å². The van der Waals surface area contributed by atoms with Crippen LogP contribution in [0.1, 0.15) is 72.6 Å². The predicted octanol–water partition coefficient (Wildman–Crippen LogP) is 7.58. The average Bonchev–Trinajstić information content (AvgIpc) is 3.76. The maximum Gasteiger partial charge on any atom is 0.435 e. The van der Waals surface area contributed by atoms with Crippen LogP contribution in [-0.2, 0) is 61.1 Å². The molecule has 392 valence electrons. The van der Waals surface area contributed by atoms with Crippen LogP contribution < -0.4 is 9.62 Å². The monoisotopic (exact) mass is 1100 g/mol. The number of halogens is 11. The maximum absolute atomic E-state index is 15.6. The third kappa shape index (κ3) is 11.1. The number of fused-ring (bicyclic) bond motifs is 4. The number of urea groups is 1. The summed E-state index contributed by atoms with van der Waals surface area (Å²) in [5.74, 6) is -7.61. The number of benzene rings is 2. The minimum absolute atomic E-state index is 0.0220. The molecule has 3 aromatic heterocycles. The molecule has 0 radical (unpaired) electrons. The molecule has 2 aliphatic rings. The van der Waals surface area contributed by atoms with Gasteiger partial charge in [0, 0.05) is 48.5 Å². The van der Waals surface area contributed by atoms with Crippen LogP contribution in [0.15, 0.2) is 42.5 Å². The Balaban J connectivity index is 1.49. The second-order valence-corrected chi connectivity index (χ2v) is 22.7. The van der Waals surface area contributed by atoms with Crippen LogP contribution >= 0.6 is 11.6 Å². The number of carboxylic acids is 1. The minimum atomic E-state index is -5.24. The summed E-state index contributed by atoms with van der Waals surface area (Å²) in [7, 11) is -7.82. The van der Waals surface area contributed by atoms with Crippen molar-refractivity contribution in [3.05, 3.63) is 93.0 Å². The average molecular weight is 1100 g/mol. The number of carbonyl (C=O) groups is 3. The Bertz CT molecular complexity index is 3390. The largest absolute Gasteiger partial charge is 0.481 e. The summed E-state index contributed by atoms with van der Waals surface area (Å²) in [5, 5.41) is 17.7. The van der Waals surface area contributed by atoms with Gasteiger partial charge in [0.2, 0.25) is 15.9 Å². The van der Waals surface area contributed by atoms with E-state index in [1.54, 1.807) is 0 Å². The molecule has 73 heavy (non-hydrogen) atoms. The molecule has 5 aromatic rings. The Morgan fingerprint density at radius 2 is 1.59 bits per heavy atom. The second kappa shape index (κ2) is 18.8. The van der Waals surface area contributed by atoms with Gasteiger partial charge in [-0.15, -0.1) is 0 Å². The lowest BCUT2D eigenvalue weighted by Gasteiger charge is -2.25. The summed E-state index contributed by atoms with van der Waals surface area (Å²) in [4.78, 5) is 44.4. The Hall–Kier alpha value is -6.47. The SMILES string of the molecule is CN(CCC(=O)O)C(=O)N(c1nn(CC(F)(F)F)c2c(-c3ccc(C#CC(C)(C)S(C)(=O)=O)nc3[C@H](Cc3cc(F)cc(F)c3)NC(=O)Cn3nc(C(F)(F)F)c4c3C(F)(F)[C@@H]3C[C@H]43)ccc(Cl)c12)S(C)(=O)=O. The van der Waals surface area contributed by atoms with Crippen molar-refractivity contribution in [2.75, 3.05) is 30.4 Å². The fraction of sp³-hybridized carbons (Fsp3) is 0.409. The molecule has 0 aliphatic heterocycles. The molecule has 0 unspecified atom stereocenters. The number of sulfone groups is 1. The highest BCUT2D eigenvalue weighted by Crippen LogP contribution is 2.68. The van der Waals surface area contributed by atoms with Gasteiger partial charge in [-0.2, -0.15) is 49.6 Å². The van der Waals surface area contributed by atoms with E-state index in [2.05, 4.69) is 32.3 Å². The van der Waals surface area contributed by atoms with Crippen molar-refractivity contribution in [2.24, 2.45) is 5.92 Å². The van der Waals surface area contributed by atoms with Crippen LogP contribution in [0, 0.1) is 29.4 Å². The van der Waals surface area contributed by atoms with Crippen molar-refractivity contribution in [3.63, 3.8) is 0 Å². The summed E-state index contributed by atoms with van der Waals surface area (Å²) in [6.45, 7) is -1.50. The van der Waals surface area contributed by atoms with Crippen LogP contribution in [0.5, 0.6) is 0 Å². The predicted molar refractivity (Wildman–Crippen MR) is 240 cm³/mol. The van der Waals surface area contributed by atoms with E-state index < -0.39 is 173 Å². The van der Waals surface area contributed by atoms with Crippen molar-refractivity contribution in [2.45, 2.75) is 81.2 Å². The Morgan fingerprint density at radius 3 is 2.16 bits per heavy atom. The number of hydrogen-bond acceptors (Lipinski definition) is 10. The van der Waals surface area contributed by atoms with Gasteiger partial charge >= 0.3 is 24.4 Å². The van der Waals surface area contributed by atoms with Crippen molar-refractivity contribution < 1.29 is 80.2 Å². The maximum atomic E-state index is 15.6. The lowest BCUT2D eigenvalue weighted by molar-refractivity contribution is -0.143. The molecule has 7 rings (SSSR count). The van der Waals surface area contributed by atoms with E-state index in [0.717, 1.165) is 49.7 Å². The zero-order valence-electron chi connectivity index (χ0n) is 38.4. The smallest absolute Gasteiger partial charge is 0.435 e. The first-order valence-electron chi connectivity index (χ1n) is 21.3. The fourth-order valence-electron chi connectivity index (χ4n) is 8.30. The fourth-order valence-corrected chi connectivity index (χ4v) is 9.64. The van der Waals surface area contributed by atoms with Crippen LogP contribution in [0.2, 0.25) is 5.02 Å². The molecule has 0 spiro atoms. The van der Waals surface area contributed by atoms with Gasteiger partial charge < -0.3 is 15.3 Å². The molecule has 3 atom stereocenters. The van der Waals surface area contributed by atoms with Crippen LogP contribution in [0.25, 0.3) is 22.0 Å². The molecule has 3 heterocycles. The Kier molecular flexibility index (Phi) is 14.0. The quantitative estimate of drug-likeness (QED) is 0.0819. The normalized spacial score (nSPS) is 16.8. The van der Waals surface area contributed by atoms with Gasteiger partial charge in [-0.05, 0) is 74.4 Å². The number of nitrogens with zero attached hydrogens (tertiary/aromatic N) is 7. The molecule has 0 saturated heterocycles. The van der Waals surface area contributed by atoms with Crippen molar-refractivity contribution >= 4 is 66.1 Å². The van der Waals surface area contributed by atoms with Gasteiger partial charge in [-0.3, -0.25) is 19.0 Å². The van der Waals surface area contributed by atoms with Gasteiger partial charge in [0.05, 0.1) is 40.3 Å². The molecule has 2 aliphatic carbocycles. The first-order chi connectivity index (χ1) is 33.5. The molecule has 2 aromatic carbocycles. The summed E-state index contributed by atoms with van der Waals surface area (Å²) >= 11 is 6.62. The van der Waals surface area contributed by atoms with Gasteiger partial charge in [0.1, 0.15) is 40.9 Å². The number of aliphatic carboxylic acids is 1. The van der Waals surface area contributed by atoms with Crippen LogP contribution in [-0.4, -0.2) is 106 Å². The number of alkyl halides is 8. The number of anilines is 1. The molecule has 1 fully saturated rings. The number of carbonyl (C=O) groups excluding carboxylic acids is 2. The zero-order valence-corrected chi connectivity index (χ0v) is 40.8. The van der Waals surface area contributed by atoms with E-state index in [-0.39, 0.29) is 36.9 Å². The standard InChI is InChI=1S/C44H39ClF10N8O8S2/c1-41(2,72(4,68)69)12-10-24-6-7-25(26-8-9-29(45)34-36(26)62(20-42(48,49)50)59-39(34)63(73(5,70)71)40(67)60(3)13-11-32(65)66)35(56-24)30(16-21-14-22(46)17-23(47)15-21)57-31(64)19-61-38-33(37(58-61)44(53,54)55)27-18-28(27)43(38,51)52/h6-9,14-15,17,27-28,30H,11,13,16,18-20H2,1-5H3,(H,57,64)(H,65,66)/t27-,28+,30-/m0/s1. The van der Waals surface area contributed by atoms with Gasteiger partial charge in [0.25, 0.3) is 5.92 Å². The number of rotatable bonds is 14. The lowest BCUT2D eigenvalue weighted by atomic mass is 9.93. The van der Waals surface area contributed by atoms with Crippen LogP contribution in [0.4, 0.5) is 54.5 Å². The molecule has 16 nitrogen and oxygen atoms in total. The number of hydrogen-bond donors (Lipinski definition) is 2. The molecular weight excluding hydrogens is 1060 g/mol. The van der Waals surface area contributed by atoms with E-state index >= 15 is 8.78 Å². The summed E-state index contributed by atoms with van der Waals surface area (Å²) in [6.07, 6.45) is -10.8. The van der Waals surface area contributed by atoms with E-state index in [1.807, 2.05) is 0 Å². The number of pyridine rings is 1. The number of amides is 3. The zero-order chi connectivity index (χ0) is 54.3. The highest BCUT2D eigenvalue weighted by Gasteiger charge is 2.68. The molecule has 0 bridgehead atoms. The number of nitrogens with one attached hydrogen (secondary N) is 1. The summed E-state index contributed by atoms with van der Waals surface area (Å²) in [5.41, 5.74) is -6.12. The van der Waals surface area contributed by atoms with Crippen molar-refractivity contribution in [3.8, 4) is 23.0 Å². The van der Waals surface area contributed by atoms with E-state index in [0.29, 0.717) is 17.2 Å². The first kappa shape index (κ1) is 54.3. The lowest BCUT2D eigenvalue weighted by Crippen LogP contribution is -2.45. The first-order valence-corrected chi connectivity index (χ1v) is 25.4. The van der Waals surface area contributed by atoms with Crippen molar-refractivity contribution in [1.82, 2.24) is 34.8 Å². The number of aromatic nitrogens is 5. The number of sulfonamides is 1. The van der Waals surface area contributed by atoms with Gasteiger partial charge in [-0.25, -0.2) is 35.4 Å². The van der Waals surface area contributed by atoms with Gasteiger partial charge in [0.15, 0.2) is 21.3 Å². The number of carboxylic acid groups (broad SMARTS) is 1. The molecular formula is C44H39ClF10N8O8S2. The topological polar surface area (TPSA) is 207 Å². The Morgan fingerprint density at radius 1 is 0.959 bits per heavy atom. The van der Waals surface area contributed by atoms with Gasteiger partial charge in [-0.1, -0.05) is 23.6 Å². The van der Waals surface area contributed by atoms with E-state index in [4.69, 9.17) is 11.6 Å². The summed E-state index contributed by atoms with van der Waals surface area (Å²) in [6, 6.07) is 3.10. The Labute approximate surface area is 413 Å². The third-order valence-electron chi connectivity index (χ3n) is 12.0. The van der Waals surface area contributed by atoms with Crippen LogP contribution in [0.3, 0.4) is 0 Å². The molecule has 2 N–H and O–H groups in total. The second-order valence-electron chi connectivity index (χ2n) is 17.9. The minimum Gasteiger partial charge on any atom is -0.481 e. The third-order valence-corrected chi connectivity index (χ3v) is 15.3. The highest BCUT2D eigenvalue weighted by atomic mass is 35.5. The summed E-state index contributed by atoms with van der Waals surface area (Å²) < 4.78 is 198. The molecule has 1 saturated carbocycles. The van der Waals surface area contributed by atoms with Crippen molar-refractivity contribution in [1.29, 1.82) is 0 Å².